The van der Waals surface area contributed by atoms with Gasteiger partial charge in [-0.2, -0.15) is 5.10 Å². The van der Waals surface area contributed by atoms with E-state index in [9.17, 15) is 0 Å². The molecule has 0 unspecified atom stereocenters. The second-order valence-electron chi connectivity index (χ2n) is 7.24. The van der Waals surface area contributed by atoms with E-state index in [0.29, 0.717) is 0 Å². The molecule has 5 nitrogen and oxygen atoms in total. The van der Waals surface area contributed by atoms with Crippen LogP contribution in [0.2, 0.25) is 0 Å². The Morgan fingerprint density at radius 2 is 1.96 bits per heavy atom. The third kappa shape index (κ3) is 3.72. The van der Waals surface area contributed by atoms with Gasteiger partial charge in [0, 0.05) is 26.7 Å². The lowest BCUT2D eigenvalue weighted by Crippen LogP contribution is -2.38. The Balaban J connectivity index is 1.50. The van der Waals surface area contributed by atoms with Crippen molar-refractivity contribution in [1.82, 2.24) is 14.7 Å². The number of rotatable bonds is 7. The number of aromatic nitrogens is 2. The standard InChI is InChI=1S/C20H27N3O2/c1-22-20-17(11-21-22)9-10-23(19(20)14-25-13-16-3-4-16)12-15-5-7-18(24-2)8-6-15/h5-8,11,16,19H,3-4,9-10,12-14H2,1-2H3/t19-/m0/s1. The summed E-state index contributed by atoms with van der Waals surface area (Å²) in [6.07, 6.45) is 5.74. The largest absolute Gasteiger partial charge is 0.497 e. The minimum Gasteiger partial charge on any atom is -0.497 e. The zero-order valence-electron chi connectivity index (χ0n) is 15.1. The van der Waals surface area contributed by atoms with Crippen LogP contribution in [-0.4, -0.2) is 41.5 Å². The number of methoxy groups -OCH3 is 1. The van der Waals surface area contributed by atoms with Gasteiger partial charge >= 0.3 is 0 Å². The molecular formula is C20H27N3O2. The third-order valence-corrected chi connectivity index (χ3v) is 5.36. The van der Waals surface area contributed by atoms with Crippen molar-refractivity contribution in [3.8, 4) is 5.75 Å². The minimum atomic E-state index is 0.275. The summed E-state index contributed by atoms with van der Waals surface area (Å²) in [7, 11) is 3.75. The van der Waals surface area contributed by atoms with Gasteiger partial charge in [0.15, 0.2) is 0 Å². The monoisotopic (exact) mass is 341 g/mol. The van der Waals surface area contributed by atoms with Gasteiger partial charge in [-0.3, -0.25) is 9.58 Å². The number of benzene rings is 1. The van der Waals surface area contributed by atoms with Crippen LogP contribution in [0.5, 0.6) is 5.75 Å². The molecule has 0 amide bonds. The molecule has 0 spiro atoms. The van der Waals surface area contributed by atoms with Gasteiger partial charge < -0.3 is 9.47 Å². The predicted octanol–water partition coefficient (Wildman–Crippen LogP) is 2.95. The van der Waals surface area contributed by atoms with E-state index in [0.717, 1.165) is 44.4 Å². The van der Waals surface area contributed by atoms with Gasteiger partial charge in [0.05, 0.1) is 31.6 Å². The molecule has 0 bridgehead atoms. The van der Waals surface area contributed by atoms with Gasteiger partial charge in [-0.25, -0.2) is 0 Å². The second kappa shape index (κ2) is 7.18. The zero-order valence-corrected chi connectivity index (χ0v) is 15.1. The fourth-order valence-electron chi connectivity index (χ4n) is 3.68. The summed E-state index contributed by atoms with van der Waals surface area (Å²) < 4.78 is 13.4. The van der Waals surface area contributed by atoms with Crippen LogP contribution >= 0.6 is 0 Å². The van der Waals surface area contributed by atoms with Crippen molar-refractivity contribution in [2.24, 2.45) is 13.0 Å². The predicted molar refractivity (Wildman–Crippen MR) is 96.6 cm³/mol. The van der Waals surface area contributed by atoms with Gasteiger partial charge in [-0.15, -0.1) is 0 Å². The molecule has 0 N–H and O–H groups in total. The molecule has 2 aromatic rings. The highest BCUT2D eigenvalue weighted by atomic mass is 16.5. The molecule has 2 aliphatic rings. The molecule has 0 radical (unpaired) electrons. The molecule has 2 heterocycles. The topological polar surface area (TPSA) is 39.5 Å². The van der Waals surface area contributed by atoms with Crippen molar-refractivity contribution < 1.29 is 9.47 Å². The number of fused-ring (bicyclic) bond motifs is 1. The summed E-state index contributed by atoms with van der Waals surface area (Å²) in [4.78, 5) is 2.53. The molecule has 1 saturated carbocycles. The number of ether oxygens (including phenoxy) is 2. The Morgan fingerprint density at radius 1 is 1.16 bits per heavy atom. The van der Waals surface area contributed by atoms with Gasteiger partial charge in [-0.05, 0) is 48.4 Å². The first-order chi connectivity index (χ1) is 12.2. The molecular weight excluding hydrogens is 314 g/mol. The van der Waals surface area contributed by atoms with Crippen molar-refractivity contribution in [2.75, 3.05) is 26.9 Å². The van der Waals surface area contributed by atoms with Gasteiger partial charge in [-0.1, -0.05) is 12.1 Å². The Bertz CT molecular complexity index is 706. The van der Waals surface area contributed by atoms with E-state index >= 15 is 0 Å². The van der Waals surface area contributed by atoms with Gasteiger partial charge in [0.1, 0.15) is 5.75 Å². The molecule has 1 aromatic heterocycles. The van der Waals surface area contributed by atoms with E-state index < -0.39 is 0 Å². The molecule has 25 heavy (non-hydrogen) atoms. The maximum absolute atomic E-state index is 6.08. The van der Waals surface area contributed by atoms with Crippen molar-refractivity contribution in [1.29, 1.82) is 0 Å². The van der Waals surface area contributed by atoms with Crippen molar-refractivity contribution >= 4 is 0 Å². The van der Waals surface area contributed by atoms with Crippen LogP contribution in [0.4, 0.5) is 0 Å². The quantitative estimate of drug-likeness (QED) is 0.776. The van der Waals surface area contributed by atoms with E-state index in [1.54, 1.807) is 7.11 Å². The summed E-state index contributed by atoms with van der Waals surface area (Å²) in [6.45, 7) is 3.62. The lowest BCUT2D eigenvalue weighted by molar-refractivity contribution is 0.0413. The molecule has 0 saturated heterocycles. The number of nitrogens with zero attached hydrogens (tertiary/aromatic N) is 3. The summed E-state index contributed by atoms with van der Waals surface area (Å²) >= 11 is 0. The highest BCUT2D eigenvalue weighted by Crippen LogP contribution is 2.33. The fourth-order valence-corrected chi connectivity index (χ4v) is 3.68. The molecule has 1 fully saturated rings. The molecule has 4 rings (SSSR count). The average Bonchev–Trinajstić information content (AvgIpc) is 3.39. The first-order valence-electron chi connectivity index (χ1n) is 9.20. The third-order valence-electron chi connectivity index (χ3n) is 5.36. The Morgan fingerprint density at radius 3 is 2.68 bits per heavy atom. The summed E-state index contributed by atoms with van der Waals surface area (Å²) in [5.74, 6) is 1.70. The molecule has 134 valence electrons. The van der Waals surface area contributed by atoms with E-state index in [2.05, 4.69) is 22.1 Å². The average molecular weight is 341 g/mol. The van der Waals surface area contributed by atoms with Crippen LogP contribution in [0.1, 0.15) is 35.7 Å². The highest BCUT2D eigenvalue weighted by molar-refractivity contribution is 5.29. The van der Waals surface area contributed by atoms with Crippen LogP contribution in [0.25, 0.3) is 0 Å². The number of aryl methyl sites for hydroxylation is 1. The second-order valence-corrected chi connectivity index (χ2v) is 7.24. The van der Waals surface area contributed by atoms with E-state index in [1.807, 2.05) is 30.1 Å². The molecule has 1 aromatic carbocycles. The first kappa shape index (κ1) is 16.6. The van der Waals surface area contributed by atoms with Crippen LogP contribution in [-0.2, 0) is 24.8 Å². The zero-order chi connectivity index (χ0) is 17.2. The summed E-state index contributed by atoms with van der Waals surface area (Å²) in [6, 6.07) is 8.65. The van der Waals surface area contributed by atoms with Crippen LogP contribution in [0.3, 0.4) is 0 Å². The van der Waals surface area contributed by atoms with Crippen LogP contribution in [0.15, 0.2) is 30.5 Å². The van der Waals surface area contributed by atoms with Crippen LogP contribution in [0, 0.1) is 5.92 Å². The summed E-state index contributed by atoms with van der Waals surface area (Å²) in [5.41, 5.74) is 3.99. The molecule has 1 aliphatic heterocycles. The smallest absolute Gasteiger partial charge is 0.118 e. The SMILES string of the molecule is COc1ccc(CN2CCc3cnn(C)c3[C@@H]2COCC2CC2)cc1. The molecule has 1 aliphatic carbocycles. The maximum atomic E-state index is 6.08. The molecule has 1 atom stereocenters. The van der Waals surface area contributed by atoms with E-state index in [1.165, 1.54) is 29.7 Å². The lowest BCUT2D eigenvalue weighted by atomic mass is 9.99. The van der Waals surface area contributed by atoms with Gasteiger partial charge in [0.25, 0.3) is 0 Å². The Hall–Kier alpha value is -1.85. The van der Waals surface area contributed by atoms with Gasteiger partial charge in [0.2, 0.25) is 0 Å². The lowest BCUT2D eigenvalue weighted by Gasteiger charge is -2.36. The number of hydrogen-bond acceptors (Lipinski definition) is 4. The van der Waals surface area contributed by atoms with E-state index in [4.69, 9.17) is 9.47 Å². The van der Waals surface area contributed by atoms with E-state index in [-0.39, 0.29) is 6.04 Å². The highest BCUT2D eigenvalue weighted by Gasteiger charge is 2.31. The maximum Gasteiger partial charge on any atom is 0.118 e. The summed E-state index contributed by atoms with van der Waals surface area (Å²) in [5, 5.41) is 4.49. The number of hydrogen-bond donors (Lipinski definition) is 0. The fraction of sp³-hybridized carbons (Fsp3) is 0.550. The van der Waals surface area contributed by atoms with Crippen molar-refractivity contribution in [3.63, 3.8) is 0 Å². The minimum absolute atomic E-state index is 0.275. The first-order valence-corrected chi connectivity index (χ1v) is 9.20. The van der Waals surface area contributed by atoms with Crippen LogP contribution < -0.4 is 4.74 Å². The molecule has 5 heteroatoms. The van der Waals surface area contributed by atoms with Crippen molar-refractivity contribution in [2.45, 2.75) is 31.8 Å². The normalized spacial score (nSPS) is 20.5. The Labute approximate surface area is 149 Å². The van der Waals surface area contributed by atoms with Crippen molar-refractivity contribution in [3.05, 3.63) is 47.3 Å². The Kier molecular flexibility index (Phi) is 4.77.